The first-order chi connectivity index (χ1) is 16.0. The third kappa shape index (κ3) is 3.81. The lowest BCUT2D eigenvalue weighted by atomic mass is 9.91. The third-order valence-electron chi connectivity index (χ3n) is 6.14. The smallest absolute Gasteiger partial charge is 0.254 e. The number of benzene rings is 3. The van der Waals surface area contributed by atoms with Crippen molar-refractivity contribution in [1.82, 2.24) is 9.88 Å². The molecule has 0 radical (unpaired) electrons. The summed E-state index contributed by atoms with van der Waals surface area (Å²) in [6.45, 7) is 0.531. The number of carbonyl (C=O) groups is 1. The van der Waals surface area contributed by atoms with E-state index in [1.54, 1.807) is 32.4 Å². The fourth-order valence-corrected chi connectivity index (χ4v) is 5.20. The molecule has 1 aromatic heterocycles. The summed E-state index contributed by atoms with van der Waals surface area (Å²) in [5.74, 6) is 1.37. The Labute approximate surface area is 201 Å². The van der Waals surface area contributed by atoms with Gasteiger partial charge in [-0.25, -0.2) is 0 Å². The summed E-state index contributed by atoms with van der Waals surface area (Å²) >= 11 is 12.4. The van der Waals surface area contributed by atoms with Crippen molar-refractivity contribution in [3.8, 4) is 11.5 Å². The molecule has 1 atom stereocenters. The van der Waals surface area contributed by atoms with Gasteiger partial charge in [0, 0.05) is 44.3 Å². The molecule has 0 saturated carbocycles. The molecule has 0 aliphatic carbocycles. The van der Waals surface area contributed by atoms with E-state index >= 15 is 0 Å². The summed E-state index contributed by atoms with van der Waals surface area (Å²) < 4.78 is 11.1. The molecule has 5 rings (SSSR count). The third-order valence-corrected chi connectivity index (χ3v) is 6.57. The molecule has 0 saturated heterocycles. The van der Waals surface area contributed by atoms with Gasteiger partial charge in [0.1, 0.15) is 17.5 Å². The molecule has 0 fully saturated rings. The molecule has 0 spiro atoms. The maximum atomic E-state index is 13.7. The van der Waals surface area contributed by atoms with Gasteiger partial charge in [-0.05, 0) is 54.4 Å². The molecule has 3 aromatic carbocycles. The van der Waals surface area contributed by atoms with E-state index in [1.807, 2.05) is 47.4 Å². The van der Waals surface area contributed by atoms with Crippen LogP contribution in [0.4, 0.5) is 0 Å². The first-order valence-corrected chi connectivity index (χ1v) is 11.3. The minimum absolute atomic E-state index is 0.141. The van der Waals surface area contributed by atoms with E-state index in [2.05, 4.69) is 4.98 Å². The Morgan fingerprint density at radius 2 is 1.76 bits per heavy atom. The predicted molar refractivity (Wildman–Crippen MR) is 131 cm³/mol. The van der Waals surface area contributed by atoms with E-state index in [-0.39, 0.29) is 11.9 Å². The maximum absolute atomic E-state index is 13.7. The van der Waals surface area contributed by atoms with Gasteiger partial charge >= 0.3 is 0 Å². The highest BCUT2D eigenvalue weighted by molar-refractivity contribution is 6.35. The maximum Gasteiger partial charge on any atom is 0.254 e. The second kappa shape index (κ2) is 8.65. The lowest BCUT2D eigenvalue weighted by Crippen LogP contribution is -2.40. The largest absolute Gasteiger partial charge is 0.497 e. The topological polar surface area (TPSA) is 54.6 Å². The average molecular weight is 481 g/mol. The van der Waals surface area contributed by atoms with Crippen LogP contribution < -0.4 is 9.47 Å². The number of hydrogen-bond acceptors (Lipinski definition) is 3. The van der Waals surface area contributed by atoms with Crippen molar-refractivity contribution in [2.45, 2.75) is 12.5 Å². The Hall–Kier alpha value is -3.15. The lowest BCUT2D eigenvalue weighted by molar-refractivity contribution is 0.0690. The zero-order valence-electron chi connectivity index (χ0n) is 18.2. The quantitative estimate of drug-likeness (QED) is 0.373. The van der Waals surface area contributed by atoms with Crippen molar-refractivity contribution in [3.05, 3.63) is 93.1 Å². The number of ether oxygens (including phenoxy) is 2. The zero-order valence-corrected chi connectivity index (χ0v) is 19.7. The molecule has 1 N–H and O–H groups in total. The SMILES string of the molecule is COc1ccc2[nH]c3c(c2c1)CCN(C(=O)c1cc(Cl)cc(Cl)c1)[C@@H]3c1ccccc1OC. The van der Waals surface area contributed by atoms with Crippen LogP contribution in [-0.2, 0) is 6.42 Å². The number of nitrogens with zero attached hydrogens (tertiary/aromatic N) is 1. The fourth-order valence-electron chi connectivity index (χ4n) is 4.67. The summed E-state index contributed by atoms with van der Waals surface area (Å²) in [6.07, 6.45) is 0.703. The van der Waals surface area contributed by atoms with Crippen molar-refractivity contribution >= 4 is 40.0 Å². The molecule has 0 unspecified atom stereocenters. The first kappa shape index (κ1) is 21.7. The standard InChI is InChI=1S/C26H22Cl2N2O3/c1-32-18-7-8-22-21(14-18)19-9-10-30(26(31)15-11-16(27)13-17(28)12-15)25(24(19)29-22)20-5-3-4-6-23(20)33-2/h3-8,11-14,25,29H,9-10H2,1-2H3/t25-/m1/s1. The van der Waals surface area contributed by atoms with Crippen LogP contribution in [0.1, 0.15) is 33.2 Å². The first-order valence-electron chi connectivity index (χ1n) is 10.6. The number of amides is 1. The van der Waals surface area contributed by atoms with Gasteiger partial charge in [-0.1, -0.05) is 41.4 Å². The van der Waals surface area contributed by atoms with Crippen LogP contribution in [-0.4, -0.2) is 36.6 Å². The van der Waals surface area contributed by atoms with E-state index < -0.39 is 0 Å². The minimum Gasteiger partial charge on any atom is -0.497 e. The van der Waals surface area contributed by atoms with Crippen molar-refractivity contribution < 1.29 is 14.3 Å². The van der Waals surface area contributed by atoms with Gasteiger partial charge in [-0.3, -0.25) is 4.79 Å². The molecular weight excluding hydrogens is 459 g/mol. The Morgan fingerprint density at radius 3 is 2.48 bits per heavy atom. The zero-order chi connectivity index (χ0) is 23.1. The molecule has 4 aromatic rings. The van der Waals surface area contributed by atoms with Crippen LogP contribution in [0.5, 0.6) is 11.5 Å². The van der Waals surface area contributed by atoms with E-state index in [0.29, 0.717) is 34.3 Å². The number of hydrogen-bond donors (Lipinski definition) is 1. The van der Waals surface area contributed by atoms with Crippen LogP contribution >= 0.6 is 23.2 Å². The average Bonchev–Trinajstić information content (AvgIpc) is 3.20. The highest BCUT2D eigenvalue weighted by Gasteiger charge is 2.36. The Kier molecular flexibility index (Phi) is 5.69. The van der Waals surface area contributed by atoms with Gasteiger partial charge in [-0.2, -0.15) is 0 Å². The molecule has 7 heteroatoms. The molecular formula is C26H22Cl2N2O3. The number of aromatic nitrogens is 1. The molecule has 0 bridgehead atoms. The lowest BCUT2D eigenvalue weighted by Gasteiger charge is -2.37. The number of nitrogens with one attached hydrogen (secondary N) is 1. The molecule has 1 amide bonds. The highest BCUT2D eigenvalue weighted by atomic mass is 35.5. The van der Waals surface area contributed by atoms with Crippen molar-refractivity contribution in [1.29, 1.82) is 0 Å². The second-order valence-corrected chi connectivity index (χ2v) is 8.85. The van der Waals surface area contributed by atoms with Crippen LogP contribution in [0.2, 0.25) is 10.0 Å². The number of rotatable bonds is 4. The van der Waals surface area contributed by atoms with Crippen molar-refractivity contribution in [3.63, 3.8) is 0 Å². The summed E-state index contributed by atoms with van der Waals surface area (Å²) in [5, 5.41) is 1.95. The fraction of sp³-hybridized carbons (Fsp3) is 0.192. The molecule has 33 heavy (non-hydrogen) atoms. The Balaban J connectivity index is 1.70. The molecule has 5 nitrogen and oxygen atoms in total. The van der Waals surface area contributed by atoms with Gasteiger partial charge < -0.3 is 19.4 Å². The number of carbonyl (C=O) groups excluding carboxylic acids is 1. The van der Waals surface area contributed by atoms with E-state index in [9.17, 15) is 4.79 Å². The molecule has 168 valence electrons. The van der Waals surface area contributed by atoms with Gasteiger partial charge in [0.05, 0.1) is 14.2 Å². The number of aromatic amines is 1. The Morgan fingerprint density at radius 1 is 1.00 bits per heavy atom. The van der Waals surface area contributed by atoms with Gasteiger partial charge in [-0.15, -0.1) is 0 Å². The summed E-state index contributed by atoms with van der Waals surface area (Å²) in [7, 11) is 3.30. The van der Waals surface area contributed by atoms with E-state index in [0.717, 1.165) is 27.9 Å². The molecule has 2 heterocycles. The van der Waals surface area contributed by atoms with Crippen LogP contribution in [0, 0.1) is 0 Å². The predicted octanol–water partition coefficient (Wildman–Crippen LogP) is 6.28. The summed E-state index contributed by atoms with van der Waals surface area (Å²) in [6, 6.07) is 18.3. The highest BCUT2D eigenvalue weighted by Crippen LogP contribution is 2.42. The summed E-state index contributed by atoms with van der Waals surface area (Å²) in [5.41, 5.74) is 4.50. The number of halogens is 2. The van der Waals surface area contributed by atoms with E-state index in [1.165, 1.54) is 5.56 Å². The van der Waals surface area contributed by atoms with Crippen molar-refractivity contribution in [2.24, 2.45) is 0 Å². The number of methoxy groups -OCH3 is 2. The van der Waals surface area contributed by atoms with Crippen LogP contribution in [0.25, 0.3) is 10.9 Å². The van der Waals surface area contributed by atoms with E-state index in [4.69, 9.17) is 32.7 Å². The molecule has 1 aliphatic rings. The van der Waals surface area contributed by atoms with Gasteiger partial charge in [0.15, 0.2) is 0 Å². The number of H-pyrrole nitrogens is 1. The van der Waals surface area contributed by atoms with Crippen LogP contribution in [0.3, 0.4) is 0 Å². The van der Waals surface area contributed by atoms with Gasteiger partial charge in [0.25, 0.3) is 5.91 Å². The van der Waals surface area contributed by atoms with Gasteiger partial charge in [0.2, 0.25) is 0 Å². The minimum atomic E-state index is -0.367. The van der Waals surface area contributed by atoms with Crippen molar-refractivity contribution in [2.75, 3.05) is 20.8 Å². The number of fused-ring (bicyclic) bond motifs is 3. The normalized spacial score (nSPS) is 15.4. The number of para-hydroxylation sites is 1. The monoisotopic (exact) mass is 480 g/mol. The molecule has 1 aliphatic heterocycles. The van der Waals surface area contributed by atoms with Crippen LogP contribution in [0.15, 0.2) is 60.7 Å². The summed E-state index contributed by atoms with van der Waals surface area (Å²) in [4.78, 5) is 19.2. The Bertz CT molecular complexity index is 1340. The second-order valence-electron chi connectivity index (χ2n) is 7.98.